The van der Waals surface area contributed by atoms with E-state index in [-0.39, 0.29) is 12.0 Å². The second kappa shape index (κ2) is 8.44. The van der Waals surface area contributed by atoms with Crippen LogP contribution in [0.25, 0.3) is 0 Å². The number of nitrogens with zero attached hydrogens (tertiary/aromatic N) is 1. The summed E-state index contributed by atoms with van der Waals surface area (Å²) in [6.45, 7) is 9.49. The molecule has 0 aromatic carbocycles. The van der Waals surface area contributed by atoms with Gasteiger partial charge in [0.15, 0.2) is 0 Å². The second-order valence-corrected chi connectivity index (χ2v) is 4.11. The Hall–Kier alpha value is -0.650. The quantitative estimate of drug-likeness (QED) is 0.651. The molecule has 0 aromatic rings. The van der Waals surface area contributed by atoms with Gasteiger partial charge in [0.2, 0.25) is 0 Å². The fraction of sp³-hybridized carbons (Fsp3) is 0.917. The maximum atomic E-state index is 11.7. The smallest absolute Gasteiger partial charge is 0.323 e. The maximum Gasteiger partial charge on any atom is 0.323 e. The third-order valence-corrected chi connectivity index (χ3v) is 2.86. The Bertz CT molecular complexity index is 218. The van der Waals surface area contributed by atoms with Gasteiger partial charge in [-0.05, 0) is 19.9 Å². The van der Waals surface area contributed by atoms with Crippen LogP contribution >= 0.6 is 0 Å². The first-order valence-corrected chi connectivity index (χ1v) is 6.48. The van der Waals surface area contributed by atoms with E-state index in [4.69, 9.17) is 9.47 Å². The van der Waals surface area contributed by atoms with Gasteiger partial charge in [-0.15, -0.1) is 0 Å². The Balaban J connectivity index is 2.29. The summed E-state index contributed by atoms with van der Waals surface area (Å²) in [5.74, 6) is -0.136. The minimum atomic E-state index is -0.178. The van der Waals surface area contributed by atoms with Crippen molar-refractivity contribution in [1.29, 1.82) is 0 Å². The molecule has 1 rings (SSSR count). The minimum absolute atomic E-state index is 0.136. The molecule has 0 saturated carbocycles. The van der Waals surface area contributed by atoms with Crippen LogP contribution in [-0.2, 0) is 14.3 Å². The lowest BCUT2D eigenvalue weighted by atomic mass is 10.2. The lowest BCUT2D eigenvalue weighted by Gasteiger charge is -2.28. The molecule has 1 heterocycles. The zero-order chi connectivity index (χ0) is 12.5. The highest BCUT2D eigenvalue weighted by Gasteiger charge is 2.20. The van der Waals surface area contributed by atoms with Crippen LogP contribution in [0.4, 0.5) is 0 Å². The van der Waals surface area contributed by atoms with Crippen molar-refractivity contribution in [3.8, 4) is 0 Å². The van der Waals surface area contributed by atoms with Crippen molar-refractivity contribution in [2.75, 3.05) is 46.0 Å². The van der Waals surface area contributed by atoms with Crippen LogP contribution in [0.15, 0.2) is 0 Å². The highest BCUT2D eigenvalue weighted by Crippen LogP contribution is 2.02. The third kappa shape index (κ3) is 5.48. The van der Waals surface area contributed by atoms with Gasteiger partial charge in [0.25, 0.3) is 0 Å². The SMILES string of the molecule is CCNC(CCN1CCOCC1)C(=O)OCC. The highest BCUT2D eigenvalue weighted by atomic mass is 16.5. The topological polar surface area (TPSA) is 50.8 Å². The lowest BCUT2D eigenvalue weighted by molar-refractivity contribution is -0.146. The zero-order valence-electron chi connectivity index (χ0n) is 10.9. The van der Waals surface area contributed by atoms with Crippen LogP contribution in [0, 0.1) is 0 Å². The van der Waals surface area contributed by atoms with Crippen LogP contribution in [0.1, 0.15) is 20.3 Å². The number of rotatable bonds is 7. The number of likely N-dealkylation sites (N-methyl/N-ethyl adjacent to an activating group) is 1. The van der Waals surface area contributed by atoms with Crippen molar-refractivity contribution in [3.05, 3.63) is 0 Å². The van der Waals surface area contributed by atoms with E-state index in [2.05, 4.69) is 10.2 Å². The molecule has 1 aliphatic rings. The molecule has 0 aromatic heterocycles. The summed E-state index contributed by atoms with van der Waals surface area (Å²) in [6, 6.07) is -0.178. The van der Waals surface area contributed by atoms with Crippen LogP contribution in [0.2, 0.25) is 0 Å². The van der Waals surface area contributed by atoms with Crippen LogP contribution in [0.3, 0.4) is 0 Å². The molecule has 0 spiro atoms. The summed E-state index contributed by atoms with van der Waals surface area (Å²) in [4.78, 5) is 14.0. The Kier molecular flexibility index (Phi) is 7.16. The van der Waals surface area contributed by atoms with Gasteiger partial charge in [-0.25, -0.2) is 0 Å². The molecular weight excluding hydrogens is 220 g/mol. The molecule has 5 nitrogen and oxygen atoms in total. The molecular formula is C12H24N2O3. The number of hydrogen-bond acceptors (Lipinski definition) is 5. The predicted molar refractivity (Wildman–Crippen MR) is 66.0 cm³/mol. The Morgan fingerprint density at radius 2 is 2.12 bits per heavy atom. The Morgan fingerprint density at radius 3 is 2.71 bits per heavy atom. The number of morpholine rings is 1. The van der Waals surface area contributed by atoms with Crippen molar-refractivity contribution in [2.45, 2.75) is 26.3 Å². The fourth-order valence-electron chi connectivity index (χ4n) is 1.93. The first kappa shape index (κ1) is 14.4. The average Bonchev–Trinajstić information content (AvgIpc) is 2.36. The number of nitrogens with one attached hydrogen (secondary N) is 1. The Labute approximate surface area is 103 Å². The zero-order valence-corrected chi connectivity index (χ0v) is 10.9. The molecule has 100 valence electrons. The van der Waals surface area contributed by atoms with Crippen molar-refractivity contribution in [1.82, 2.24) is 10.2 Å². The standard InChI is InChI=1S/C12H24N2O3/c1-3-13-11(12(15)17-4-2)5-6-14-7-9-16-10-8-14/h11,13H,3-10H2,1-2H3. The normalized spacial score (nSPS) is 18.9. The van der Waals surface area contributed by atoms with Gasteiger partial charge >= 0.3 is 5.97 Å². The molecule has 0 amide bonds. The summed E-state index contributed by atoms with van der Waals surface area (Å²) in [6.07, 6.45) is 0.798. The van der Waals surface area contributed by atoms with E-state index in [9.17, 15) is 4.79 Å². The van der Waals surface area contributed by atoms with Gasteiger partial charge in [-0.2, -0.15) is 0 Å². The van der Waals surface area contributed by atoms with Gasteiger partial charge in [0.05, 0.1) is 19.8 Å². The summed E-state index contributed by atoms with van der Waals surface area (Å²) in [5.41, 5.74) is 0. The summed E-state index contributed by atoms with van der Waals surface area (Å²) >= 11 is 0. The van der Waals surface area contributed by atoms with Gasteiger partial charge < -0.3 is 14.8 Å². The third-order valence-electron chi connectivity index (χ3n) is 2.86. The summed E-state index contributed by atoms with van der Waals surface area (Å²) < 4.78 is 10.3. The van der Waals surface area contributed by atoms with E-state index >= 15 is 0 Å². The number of carbonyl (C=O) groups is 1. The van der Waals surface area contributed by atoms with Gasteiger partial charge in [-0.3, -0.25) is 9.69 Å². The molecule has 1 aliphatic heterocycles. The molecule has 1 fully saturated rings. The highest BCUT2D eigenvalue weighted by molar-refractivity contribution is 5.75. The van der Waals surface area contributed by atoms with E-state index in [1.54, 1.807) is 0 Å². The van der Waals surface area contributed by atoms with Crippen molar-refractivity contribution >= 4 is 5.97 Å². The molecule has 0 radical (unpaired) electrons. The van der Waals surface area contributed by atoms with Gasteiger partial charge in [-0.1, -0.05) is 6.92 Å². The number of carbonyl (C=O) groups excluding carboxylic acids is 1. The molecule has 0 bridgehead atoms. The van der Waals surface area contributed by atoms with Crippen molar-refractivity contribution < 1.29 is 14.3 Å². The van der Waals surface area contributed by atoms with Crippen LogP contribution < -0.4 is 5.32 Å². The first-order chi connectivity index (χ1) is 8.27. The lowest BCUT2D eigenvalue weighted by Crippen LogP contribution is -2.43. The van der Waals surface area contributed by atoms with E-state index < -0.39 is 0 Å². The monoisotopic (exact) mass is 244 g/mol. The number of hydrogen-bond donors (Lipinski definition) is 1. The molecule has 0 aliphatic carbocycles. The van der Waals surface area contributed by atoms with Gasteiger partial charge in [0.1, 0.15) is 6.04 Å². The molecule has 1 N–H and O–H groups in total. The molecule has 1 atom stereocenters. The minimum Gasteiger partial charge on any atom is -0.465 e. The van der Waals surface area contributed by atoms with Crippen LogP contribution in [-0.4, -0.2) is 62.9 Å². The largest absolute Gasteiger partial charge is 0.465 e. The van der Waals surface area contributed by atoms with Crippen LogP contribution in [0.5, 0.6) is 0 Å². The van der Waals surface area contributed by atoms with E-state index in [0.29, 0.717) is 6.61 Å². The maximum absolute atomic E-state index is 11.7. The fourth-order valence-corrected chi connectivity index (χ4v) is 1.93. The second-order valence-electron chi connectivity index (χ2n) is 4.11. The van der Waals surface area contributed by atoms with E-state index in [1.165, 1.54) is 0 Å². The van der Waals surface area contributed by atoms with E-state index in [0.717, 1.165) is 45.8 Å². The van der Waals surface area contributed by atoms with E-state index in [1.807, 2.05) is 13.8 Å². The first-order valence-electron chi connectivity index (χ1n) is 6.48. The molecule has 1 unspecified atom stereocenters. The van der Waals surface area contributed by atoms with Gasteiger partial charge in [0, 0.05) is 19.6 Å². The Morgan fingerprint density at radius 1 is 1.41 bits per heavy atom. The summed E-state index contributed by atoms with van der Waals surface area (Å²) in [5, 5.41) is 3.17. The molecule has 1 saturated heterocycles. The number of esters is 1. The molecule has 17 heavy (non-hydrogen) atoms. The van der Waals surface area contributed by atoms with Crippen molar-refractivity contribution in [2.24, 2.45) is 0 Å². The summed E-state index contributed by atoms with van der Waals surface area (Å²) in [7, 11) is 0. The number of ether oxygens (including phenoxy) is 2. The average molecular weight is 244 g/mol. The van der Waals surface area contributed by atoms with Crippen molar-refractivity contribution in [3.63, 3.8) is 0 Å². The molecule has 5 heteroatoms. The predicted octanol–water partition coefficient (Wildman–Crippen LogP) is 0.250.